The molecule has 0 spiro atoms. The summed E-state index contributed by atoms with van der Waals surface area (Å²) in [6, 6.07) is 11.3. The lowest BCUT2D eigenvalue weighted by Crippen LogP contribution is -2.30. The molecule has 1 N–H and O–H groups in total. The summed E-state index contributed by atoms with van der Waals surface area (Å²) in [4.78, 5) is 14.4. The van der Waals surface area contributed by atoms with Gasteiger partial charge in [0, 0.05) is 0 Å². The number of anilines is 1. The molecular formula is C20H19BrN2O3S. The number of halogens is 1. The number of carbonyl (C=O) groups is 1. The zero-order valence-corrected chi connectivity index (χ0v) is 17.6. The van der Waals surface area contributed by atoms with Crippen molar-refractivity contribution in [2.24, 2.45) is 0 Å². The molecule has 2 aromatic rings. The first kappa shape index (κ1) is 19.4. The van der Waals surface area contributed by atoms with Crippen molar-refractivity contribution < 1.29 is 14.3 Å². The summed E-state index contributed by atoms with van der Waals surface area (Å²) in [5.41, 5.74) is 2.94. The molecule has 0 aromatic heterocycles. The van der Waals surface area contributed by atoms with E-state index in [2.05, 4.69) is 21.2 Å². The van der Waals surface area contributed by atoms with Crippen LogP contribution in [0.2, 0.25) is 0 Å². The van der Waals surface area contributed by atoms with Gasteiger partial charge in [0.05, 0.1) is 23.9 Å². The number of hydrogen-bond donors (Lipinski definition) is 1. The standard InChI is InChI=1S/C20H19BrN2O3S/c1-4-26-17-11-13(9-14(21)18(17)25-3)10-15-19(24)23(20(27)22-15)16-8-6-5-7-12(16)2/h5-11H,4H2,1-3H3,(H,22,27)/b15-10-. The normalized spacial score (nSPS) is 15.3. The fourth-order valence-corrected chi connectivity index (χ4v) is 3.78. The van der Waals surface area contributed by atoms with Crippen LogP contribution >= 0.6 is 28.1 Å². The first-order valence-corrected chi connectivity index (χ1v) is 9.59. The highest BCUT2D eigenvalue weighted by Gasteiger charge is 2.32. The Morgan fingerprint density at radius 1 is 1.30 bits per heavy atom. The van der Waals surface area contributed by atoms with E-state index in [0.717, 1.165) is 21.3 Å². The van der Waals surface area contributed by atoms with Crippen LogP contribution in [-0.4, -0.2) is 24.7 Å². The molecule has 1 aliphatic heterocycles. The Kier molecular flexibility index (Phi) is 5.82. The maximum absolute atomic E-state index is 12.9. The predicted molar refractivity (Wildman–Crippen MR) is 114 cm³/mol. The Morgan fingerprint density at radius 2 is 2.04 bits per heavy atom. The molecule has 7 heteroatoms. The number of methoxy groups -OCH3 is 1. The highest BCUT2D eigenvalue weighted by molar-refractivity contribution is 9.10. The molecule has 1 amide bonds. The Balaban J connectivity index is 1.98. The third-order valence-corrected chi connectivity index (χ3v) is 4.96. The van der Waals surface area contributed by atoms with Crippen LogP contribution in [0.15, 0.2) is 46.6 Å². The quantitative estimate of drug-likeness (QED) is 0.543. The number of carbonyl (C=O) groups excluding carboxylic acids is 1. The van der Waals surface area contributed by atoms with Gasteiger partial charge < -0.3 is 14.8 Å². The van der Waals surface area contributed by atoms with Gasteiger partial charge >= 0.3 is 0 Å². The van der Waals surface area contributed by atoms with Crippen LogP contribution in [0.3, 0.4) is 0 Å². The fourth-order valence-electron chi connectivity index (χ4n) is 2.87. The highest BCUT2D eigenvalue weighted by Crippen LogP contribution is 2.37. The van der Waals surface area contributed by atoms with E-state index in [-0.39, 0.29) is 5.91 Å². The Hall–Kier alpha value is -2.38. The average molecular weight is 447 g/mol. The van der Waals surface area contributed by atoms with Crippen molar-refractivity contribution in [2.75, 3.05) is 18.6 Å². The average Bonchev–Trinajstić information content (AvgIpc) is 2.89. The highest BCUT2D eigenvalue weighted by atomic mass is 79.9. The molecule has 27 heavy (non-hydrogen) atoms. The van der Waals surface area contributed by atoms with E-state index < -0.39 is 0 Å². The smallest absolute Gasteiger partial charge is 0.281 e. The van der Waals surface area contributed by atoms with E-state index in [1.807, 2.05) is 50.2 Å². The van der Waals surface area contributed by atoms with Gasteiger partial charge in [-0.2, -0.15) is 0 Å². The third kappa shape index (κ3) is 3.84. The molecule has 0 radical (unpaired) electrons. The second-order valence-electron chi connectivity index (χ2n) is 5.88. The van der Waals surface area contributed by atoms with Crippen molar-refractivity contribution in [1.29, 1.82) is 0 Å². The number of para-hydroxylation sites is 1. The summed E-state index contributed by atoms with van der Waals surface area (Å²) in [5.74, 6) is 1.02. The lowest BCUT2D eigenvalue weighted by atomic mass is 10.1. The van der Waals surface area contributed by atoms with Gasteiger partial charge in [-0.1, -0.05) is 18.2 Å². The number of rotatable bonds is 5. The first-order chi connectivity index (χ1) is 13.0. The minimum atomic E-state index is -0.195. The zero-order valence-electron chi connectivity index (χ0n) is 15.2. The number of nitrogens with zero attached hydrogens (tertiary/aromatic N) is 1. The molecule has 1 heterocycles. The summed E-state index contributed by atoms with van der Waals surface area (Å²) in [6.07, 6.45) is 1.75. The van der Waals surface area contributed by atoms with Gasteiger partial charge in [-0.25, -0.2) is 0 Å². The summed E-state index contributed by atoms with van der Waals surface area (Å²) < 4.78 is 11.8. The molecule has 3 rings (SSSR count). The second kappa shape index (κ2) is 8.10. The minimum absolute atomic E-state index is 0.195. The van der Waals surface area contributed by atoms with E-state index in [0.29, 0.717) is 28.9 Å². The van der Waals surface area contributed by atoms with Gasteiger partial charge in [-0.05, 0) is 77.4 Å². The van der Waals surface area contributed by atoms with Crippen molar-refractivity contribution in [3.63, 3.8) is 0 Å². The molecule has 2 aromatic carbocycles. The van der Waals surface area contributed by atoms with Crippen molar-refractivity contribution in [2.45, 2.75) is 13.8 Å². The number of hydrogen-bond acceptors (Lipinski definition) is 4. The van der Waals surface area contributed by atoms with Crippen molar-refractivity contribution in [1.82, 2.24) is 5.32 Å². The molecular weight excluding hydrogens is 428 g/mol. The van der Waals surface area contributed by atoms with Gasteiger partial charge in [0.25, 0.3) is 5.91 Å². The minimum Gasteiger partial charge on any atom is -0.492 e. The molecule has 0 aliphatic carbocycles. The summed E-state index contributed by atoms with van der Waals surface area (Å²) in [6.45, 7) is 4.35. The van der Waals surface area contributed by atoms with Crippen molar-refractivity contribution in [3.05, 3.63) is 57.7 Å². The van der Waals surface area contributed by atoms with E-state index in [1.54, 1.807) is 13.2 Å². The van der Waals surface area contributed by atoms with E-state index in [1.165, 1.54) is 4.90 Å². The predicted octanol–water partition coefficient (Wildman–Crippen LogP) is 4.43. The third-order valence-electron chi connectivity index (χ3n) is 4.08. The van der Waals surface area contributed by atoms with Gasteiger partial charge in [0.15, 0.2) is 16.6 Å². The summed E-state index contributed by atoms with van der Waals surface area (Å²) in [7, 11) is 1.58. The number of amides is 1. The van der Waals surface area contributed by atoms with Crippen LogP contribution in [0.1, 0.15) is 18.1 Å². The topological polar surface area (TPSA) is 50.8 Å². The number of ether oxygens (including phenoxy) is 2. The molecule has 1 fully saturated rings. The molecule has 1 aliphatic rings. The van der Waals surface area contributed by atoms with E-state index in [9.17, 15) is 4.79 Å². The molecule has 140 valence electrons. The summed E-state index contributed by atoms with van der Waals surface area (Å²) in [5, 5.41) is 3.37. The van der Waals surface area contributed by atoms with Crippen LogP contribution in [0.5, 0.6) is 11.5 Å². The maximum Gasteiger partial charge on any atom is 0.281 e. The number of aryl methyl sites for hydroxylation is 1. The SMILES string of the molecule is CCOc1cc(/C=C2\NC(=S)N(c3ccccc3C)C2=O)cc(Br)c1OC. The Bertz CT molecular complexity index is 943. The Labute approximate surface area is 172 Å². The van der Waals surface area contributed by atoms with Crippen molar-refractivity contribution >= 4 is 50.9 Å². The number of benzene rings is 2. The van der Waals surface area contributed by atoms with Gasteiger partial charge in [-0.15, -0.1) is 0 Å². The van der Waals surface area contributed by atoms with Crippen LogP contribution in [0.4, 0.5) is 5.69 Å². The number of nitrogens with one attached hydrogen (secondary N) is 1. The van der Waals surface area contributed by atoms with Crippen molar-refractivity contribution in [3.8, 4) is 11.5 Å². The molecule has 5 nitrogen and oxygen atoms in total. The maximum atomic E-state index is 12.9. The lowest BCUT2D eigenvalue weighted by Gasteiger charge is -2.16. The Morgan fingerprint density at radius 3 is 2.70 bits per heavy atom. The zero-order chi connectivity index (χ0) is 19.6. The van der Waals surface area contributed by atoms with Crippen LogP contribution < -0.4 is 19.7 Å². The monoisotopic (exact) mass is 446 g/mol. The van der Waals surface area contributed by atoms with Gasteiger partial charge in [-0.3, -0.25) is 9.69 Å². The van der Waals surface area contributed by atoms with E-state index in [4.69, 9.17) is 21.7 Å². The van der Waals surface area contributed by atoms with Crippen LogP contribution in [0, 0.1) is 6.92 Å². The van der Waals surface area contributed by atoms with Gasteiger partial charge in [0.2, 0.25) is 0 Å². The molecule has 0 unspecified atom stereocenters. The fraction of sp³-hybridized carbons (Fsp3) is 0.200. The molecule has 1 saturated heterocycles. The molecule has 0 bridgehead atoms. The van der Waals surface area contributed by atoms with Gasteiger partial charge in [0.1, 0.15) is 5.70 Å². The number of thiocarbonyl (C=S) groups is 1. The lowest BCUT2D eigenvalue weighted by molar-refractivity contribution is -0.113. The molecule has 0 saturated carbocycles. The summed E-state index contributed by atoms with van der Waals surface area (Å²) >= 11 is 8.87. The molecule has 0 atom stereocenters. The largest absolute Gasteiger partial charge is 0.492 e. The van der Waals surface area contributed by atoms with E-state index >= 15 is 0 Å². The first-order valence-electron chi connectivity index (χ1n) is 8.39. The van der Waals surface area contributed by atoms with Crippen LogP contribution in [0.25, 0.3) is 6.08 Å². The van der Waals surface area contributed by atoms with Crippen LogP contribution in [-0.2, 0) is 4.79 Å². The second-order valence-corrected chi connectivity index (χ2v) is 7.12.